The van der Waals surface area contributed by atoms with Crippen LogP contribution in [-0.4, -0.2) is 18.0 Å². The van der Waals surface area contributed by atoms with E-state index in [9.17, 15) is 4.79 Å². The SMILES string of the molecule is CCCC(N)C(=O)NC1CCCCC1C.Cl. The van der Waals surface area contributed by atoms with E-state index in [0.29, 0.717) is 12.0 Å². The van der Waals surface area contributed by atoms with Crippen LogP contribution in [0, 0.1) is 5.92 Å². The van der Waals surface area contributed by atoms with Gasteiger partial charge in [-0.2, -0.15) is 0 Å². The minimum Gasteiger partial charge on any atom is -0.352 e. The van der Waals surface area contributed by atoms with Gasteiger partial charge in [0.25, 0.3) is 0 Å². The molecule has 0 aromatic heterocycles. The molecule has 0 spiro atoms. The molecule has 1 aliphatic carbocycles. The summed E-state index contributed by atoms with van der Waals surface area (Å²) in [5.41, 5.74) is 5.78. The summed E-state index contributed by atoms with van der Waals surface area (Å²) in [6.07, 6.45) is 6.63. The number of hydrogen-bond donors (Lipinski definition) is 2. The molecule has 3 N–H and O–H groups in total. The van der Waals surface area contributed by atoms with Gasteiger partial charge < -0.3 is 11.1 Å². The maximum atomic E-state index is 11.7. The van der Waals surface area contributed by atoms with Gasteiger partial charge in [-0.3, -0.25) is 4.79 Å². The zero-order valence-electron chi connectivity index (χ0n) is 10.4. The van der Waals surface area contributed by atoms with Gasteiger partial charge in [0.05, 0.1) is 6.04 Å². The van der Waals surface area contributed by atoms with Gasteiger partial charge in [0.15, 0.2) is 0 Å². The highest BCUT2D eigenvalue weighted by molar-refractivity contribution is 5.85. The Balaban J connectivity index is 0.00000225. The second-order valence-electron chi connectivity index (χ2n) is 4.77. The Kier molecular flexibility index (Phi) is 7.77. The van der Waals surface area contributed by atoms with E-state index < -0.39 is 0 Å². The minimum atomic E-state index is -0.316. The predicted octanol–water partition coefficient (Wildman–Crippen LogP) is 2.23. The first-order valence-electron chi connectivity index (χ1n) is 6.21. The van der Waals surface area contributed by atoms with Gasteiger partial charge in [0, 0.05) is 6.04 Å². The number of carbonyl (C=O) groups is 1. The van der Waals surface area contributed by atoms with Crippen LogP contribution in [0.5, 0.6) is 0 Å². The monoisotopic (exact) mass is 248 g/mol. The molecule has 16 heavy (non-hydrogen) atoms. The summed E-state index contributed by atoms with van der Waals surface area (Å²) in [5.74, 6) is 0.645. The van der Waals surface area contributed by atoms with Crippen LogP contribution < -0.4 is 11.1 Å². The van der Waals surface area contributed by atoms with Gasteiger partial charge in [0.2, 0.25) is 5.91 Å². The van der Waals surface area contributed by atoms with Crippen LogP contribution in [0.2, 0.25) is 0 Å². The molecule has 0 aromatic carbocycles. The molecule has 0 bridgehead atoms. The van der Waals surface area contributed by atoms with Crippen molar-refractivity contribution in [2.24, 2.45) is 11.7 Å². The van der Waals surface area contributed by atoms with Gasteiger partial charge in [-0.15, -0.1) is 12.4 Å². The maximum Gasteiger partial charge on any atom is 0.237 e. The van der Waals surface area contributed by atoms with E-state index in [0.717, 1.165) is 19.3 Å². The Hall–Kier alpha value is -0.280. The molecule has 1 fully saturated rings. The second kappa shape index (κ2) is 7.91. The fourth-order valence-corrected chi connectivity index (χ4v) is 2.26. The van der Waals surface area contributed by atoms with Crippen molar-refractivity contribution in [2.45, 2.75) is 64.5 Å². The number of carbonyl (C=O) groups excluding carboxylic acids is 1. The van der Waals surface area contributed by atoms with Gasteiger partial charge in [-0.1, -0.05) is 33.1 Å². The lowest BCUT2D eigenvalue weighted by molar-refractivity contribution is -0.123. The summed E-state index contributed by atoms with van der Waals surface area (Å²) in [6.45, 7) is 4.27. The second-order valence-corrected chi connectivity index (χ2v) is 4.77. The standard InChI is InChI=1S/C12H24N2O.ClH/c1-3-6-10(13)12(15)14-11-8-5-4-7-9(11)2;/h9-11H,3-8,13H2,1-2H3,(H,14,15);1H. The Bertz CT molecular complexity index is 211. The molecule has 3 atom stereocenters. The van der Waals surface area contributed by atoms with E-state index in [4.69, 9.17) is 5.73 Å². The molecule has 4 heteroatoms. The largest absolute Gasteiger partial charge is 0.352 e. The number of halogens is 1. The van der Waals surface area contributed by atoms with Crippen LogP contribution >= 0.6 is 12.4 Å². The first kappa shape index (κ1) is 15.7. The molecule has 0 heterocycles. The van der Waals surface area contributed by atoms with Crippen molar-refractivity contribution in [3.8, 4) is 0 Å². The van der Waals surface area contributed by atoms with E-state index in [-0.39, 0.29) is 24.4 Å². The van der Waals surface area contributed by atoms with E-state index in [1.807, 2.05) is 0 Å². The molecule has 1 rings (SSSR count). The van der Waals surface area contributed by atoms with Crippen LogP contribution in [0.3, 0.4) is 0 Å². The third kappa shape index (κ3) is 4.71. The first-order chi connectivity index (χ1) is 7.15. The predicted molar refractivity (Wildman–Crippen MR) is 69.7 cm³/mol. The lowest BCUT2D eigenvalue weighted by Gasteiger charge is -2.30. The van der Waals surface area contributed by atoms with Crippen LogP contribution in [0.15, 0.2) is 0 Å². The van der Waals surface area contributed by atoms with Crippen LogP contribution in [0.1, 0.15) is 52.4 Å². The van der Waals surface area contributed by atoms with Gasteiger partial charge in [-0.05, 0) is 25.2 Å². The molecule has 0 saturated heterocycles. The molecule has 0 aromatic rings. The number of rotatable bonds is 4. The van der Waals surface area contributed by atoms with E-state index >= 15 is 0 Å². The highest BCUT2D eigenvalue weighted by Gasteiger charge is 2.24. The fraction of sp³-hybridized carbons (Fsp3) is 0.917. The quantitative estimate of drug-likeness (QED) is 0.802. The number of nitrogens with one attached hydrogen (secondary N) is 1. The van der Waals surface area contributed by atoms with Crippen molar-refractivity contribution in [2.75, 3.05) is 0 Å². The smallest absolute Gasteiger partial charge is 0.237 e. The summed E-state index contributed by atoms with van der Waals surface area (Å²) in [6, 6.07) is 0.0401. The molecule has 0 aliphatic heterocycles. The maximum absolute atomic E-state index is 11.7. The zero-order chi connectivity index (χ0) is 11.3. The minimum absolute atomic E-state index is 0. The highest BCUT2D eigenvalue weighted by Crippen LogP contribution is 2.23. The van der Waals surface area contributed by atoms with Crippen LogP contribution in [0.25, 0.3) is 0 Å². The van der Waals surface area contributed by atoms with Gasteiger partial charge >= 0.3 is 0 Å². The fourth-order valence-electron chi connectivity index (χ4n) is 2.26. The summed E-state index contributed by atoms with van der Waals surface area (Å²) < 4.78 is 0. The number of nitrogens with two attached hydrogens (primary N) is 1. The van der Waals surface area contributed by atoms with Crippen LogP contribution in [-0.2, 0) is 4.79 Å². The summed E-state index contributed by atoms with van der Waals surface area (Å²) >= 11 is 0. The van der Waals surface area contributed by atoms with Crippen molar-refractivity contribution in [3.63, 3.8) is 0 Å². The zero-order valence-corrected chi connectivity index (χ0v) is 11.2. The summed E-state index contributed by atoms with van der Waals surface area (Å²) in [4.78, 5) is 11.7. The topological polar surface area (TPSA) is 55.1 Å². The Morgan fingerprint density at radius 2 is 2.06 bits per heavy atom. The van der Waals surface area contributed by atoms with Crippen molar-refractivity contribution in [1.82, 2.24) is 5.32 Å². The Morgan fingerprint density at radius 3 is 2.62 bits per heavy atom. The van der Waals surface area contributed by atoms with Crippen molar-refractivity contribution in [1.29, 1.82) is 0 Å². The lowest BCUT2D eigenvalue weighted by atomic mass is 9.86. The summed E-state index contributed by atoms with van der Waals surface area (Å²) in [7, 11) is 0. The molecule has 1 aliphatic rings. The Labute approximate surface area is 105 Å². The lowest BCUT2D eigenvalue weighted by Crippen LogP contribution is -2.48. The first-order valence-corrected chi connectivity index (χ1v) is 6.21. The van der Waals surface area contributed by atoms with Gasteiger partial charge in [-0.25, -0.2) is 0 Å². The molecule has 3 unspecified atom stereocenters. The van der Waals surface area contributed by atoms with E-state index in [1.165, 1.54) is 19.3 Å². The van der Waals surface area contributed by atoms with E-state index in [1.54, 1.807) is 0 Å². The van der Waals surface area contributed by atoms with Crippen molar-refractivity contribution >= 4 is 18.3 Å². The molecule has 1 amide bonds. The Morgan fingerprint density at radius 1 is 1.44 bits per heavy atom. The molecule has 1 saturated carbocycles. The molecular formula is C12H25ClN2O. The average Bonchev–Trinajstić information content (AvgIpc) is 2.21. The van der Waals surface area contributed by atoms with Crippen molar-refractivity contribution < 1.29 is 4.79 Å². The average molecular weight is 249 g/mol. The van der Waals surface area contributed by atoms with Crippen LogP contribution in [0.4, 0.5) is 0 Å². The molecular weight excluding hydrogens is 224 g/mol. The normalized spacial score (nSPS) is 26.7. The third-order valence-corrected chi connectivity index (χ3v) is 3.38. The highest BCUT2D eigenvalue weighted by atomic mass is 35.5. The van der Waals surface area contributed by atoms with Gasteiger partial charge in [0.1, 0.15) is 0 Å². The molecule has 0 radical (unpaired) electrons. The van der Waals surface area contributed by atoms with Crippen molar-refractivity contribution in [3.05, 3.63) is 0 Å². The summed E-state index contributed by atoms with van der Waals surface area (Å²) in [5, 5.41) is 3.09. The molecule has 3 nitrogen and oxygen atoms in total. The number of hydrogen-bond acceptors (Lipinski definition) is 2. The number of amides is 1. The third-order valence-electron chi connectivity index (χ3n) is 3.38. The van der Waals surface area contributed by atoms with E-state index in [2.05, 4.69) is 19.2 Å². The molecule has 96 valence electrons.